The van der Waals surface area contributed by atoms with Crippen molar-refractivity contribution in [2.45, 2.75) is 18.3 Å². The zero-order valence-electron chi connectivity index (χ0n) is 16.0. The van der Waals surface area contributed by atoms with Crippen LogP contribution >= 0.6 is 35.7 Å². The minimum atomic E-state index is -3.23. The number of benzene rings is 1. The van der Waals surface area contributed by atoms with Crippen LogP contribution in [0, 0.1) is 5.82 Å². The topological polar surface area (TPSA) is 73.8 Å². The Bertz CT molecular complexity index is 782. The number of nitrogens with one attached hydrogen (secondary N) is 2. The zero-order valence-corrected chi connectivity index (χ0v) is 20.0. The van der Waals surface area contributed by atoms with Crippen molar-refractivity contribution in [3.8, 4) is 0 Å². The number of thioether (sulfide) groups is 1. The van der Waals surface area contributed by atoms with E-state index < -0.39 is 10.0 Å². The van der Waals surface area contributed by atoms with Crippen molar-refractivity contribution in [2.24, 2.45) is 4.99 Å². The third-order valence-corrected chi connectivity index (χ3v) is 7.94. The summed E-state index contributed by atoms with van der Waals surface area (Å²) in [6, 6.07) is 6.74. The second kappa shape index (κ2) is 10.4. The van der Waals surface area contributed by atoms with Crippen molar-refractivity contribution in [2.75, 3.05) is 50.5 Å². The van der Waals surface area contributed by atoms with Crippen LogP contribution in [0.1, 0.15) is 18.4 Å². The Kier molecular flexibility index (Phi) is 8.83. The van der Waals surface area contributed by atoms with Crippen LogP contribution in [0.4, 0.5) is 4.39 Å². The molecular formula is C18H28FIN4O2S2. The molecule has 0 bridgehead atoms. The van der Waals surface area contributed by atoms with E-state index in [1.54, 1.807) is 35.2 Å². The van der Waals surface area contributed by atoms with E-state index in [0.29, 0.717) is 32.1 Å². The maximum absolute atomic E-state index is 13.5. The fourth-order valence-corrected chi connectivity index (χ4v) is 5.75. The molecule has 2 N–H and O–H groups in total. The quantitative estimate of drug-likeness (QED) is 0.314. The van der Waals surface area contributed by atoms with Crippen LogP contribution in [0.25, 0.3) is 0 Å². The predicted molar refractivity (Wildman–Crippen MR) is 125 cm³/mol. The molecule has 1 aromatic carbocycles. The van der Waals surface area contributed by atoms with Crippen molar-refractivity contribution in [3.63, 3.8) is 0 Å². The Labute approximate surface area is 188 Å². The van der Waals surface area contributed by atoms with E-state index >= 15 is 0 Å². The molecule has 1 heterocycles. The van der Waals surface area contributed by atoms with Gasteiger partial charge in [-0.25, -0.2) is 17.1 Å². The van der Waals surface area contributed by atoms with Gasteiger partial charge in [-0.3, -0.25) is 4.99 Å². The van der Waals surface area contributed by atoms with Crippen LogP contribution in [0.2, 0.25) is 0 Å². The summed E-state index contributed by atoms with van der Waals surface area (Å²) in [5, 5.41) is 6.34. The molecule has 0 atom stereocenters. The lowest BCUT2D eigenvalue weighted by molar-refractivity contribution is 0.443. The average Bonchev–Trinajstić information content (AvgIpc) is 3.46. The van der Waals surface area contributed by atoms with Gasteiger partial charge in [0, 0.05) is 50.1 Å². The van der Waals surface area contributed by atoms with Crippen molar-refractivity contribution in [1.82, 2.24) is 14.9 Å². The van der Waals surface area contributed by atoms with Crippen LogP contribution in [0.3, 0.4) is 0 Å². The molecule has 0 spiro atoms. The first-order valence-corrected chi connectivity index (χ1v) is 12.0. The SMILES string of the molecule is CN=C(NCCS(=O)(=O)N1CCSCC1)NCC1(c2cccc(F)c2)CC1.I. The highest BCUT2D eigenvalue weighted by Gasteiger charge is 2.44. The molecular weight excluding hydrogens is 514 g/mol. The minimum Gasteiger partial charge on any atom is -0.356 e. The summed E-state index contributed by atoms with van der Waals surface area (Å²) in [6.45, 7) is 2.14. The number of nitrogens with zero attached hydrogens (tertiary/aromatic N) is 2. The summed E-state index contributed by atoms with van der Waals surface area (Å²) < 4.78 is 39.8. The number of guanidine groups is 1. The van der Waals surface area contributed by atoms with Gasteiger partial charge in [0.25, 0.3) is 0 Å². The molecule has 0 unspecified atom stereocenters. The van der Waals surface area contributed by atoms with Gasteiger partial charge in [-0.15, -0.1) is 24.0 Å². The summed E-state index contributed by atoms with van der Waals surface area (Å²) in [5.74, 6) is 2.12. The number of aliphatic imine (C=N–C) groups is 1. The van der Waals surface area contributed by atoms with Gasteiger partial charge in [0.05, 0.1) is 5.75 Å². The minimum absolute atomic E-state index is 0. The number of hydrogen-bond acceptors (Lipinski definition) is 4. The molecule has 6 nitrogen and oxygen atoms in total. The van der Waals surface area contributed by atoms with Gasteiger partial charge in [-0.05, 0) is 30.5 Å². The van der Waals surface area contributed by atoms with Crippen molar-refractivity contribution in [1.29, 1.82) is 0 Å². The van der Waals surface area contributed by atoms with Crippen LogP contribution in [0.5, 0.6) is 0 Å². The van der Waals surface area contributed by atoms with Gasteiger partial charge in [0.1, 0.15) is 5.82 Å². The normalized spacial score (nSPS) is 19.6. The molecule has 1 aliphatic carbocycles. The first kappa shape index (κ1) is 23.7. The van der Waals surface area contributed by atoms with Crippen molar-refractivity contribution < 1.29 is 12.8 Å². The Morgan fingerprint density at radius 2 is 2.00 bits per heavy atom. The van der Waals surface area contributed by atoms with Gasteiger partial charge < -0.3 is 10.6 Å². The van der Waals surface area contributed by atoms with E-state index in [2.05, 4.69) is 15.6 Å². The lowest BCUT2D eigenvalue weighted by Crippen LogP contribution is -2.45. The highest BCUT2D eigenvalue weighted by atomic mass is 127. The molecule has 1 saturated heterocycles. The highest BCUT2D eigenvalue weighted by Crippen LogP contribution is 2.47. The predicted octanol–water partition coefficient (Wildman–Crippen LogP) is 2.02. The van der Waals surface area contributed by atoms with E-state index in [-0.39, 0.29) is 41.0 Å². The summed E-state index contributed by atoms with van der Waals surface area (Å²) >= 11 is 1.79. The van der Waals surface area contributed by atoms with Crippen LogP contribution in [-0.4, -0.2) is 69.2 Å². The average molecular weight is 542 g/mol. The van der Waals surface area contributed by atoms with Crippen LogP contribution in [0.15, 0.2) is 29.3 Å². The molecule has 0 aromatic heterocycles. The van der Waals surface area contributed by atoms with Gasteiger partial charge in [0.2, 0.25) is 10.0 Å². The van der Waals surface area contributed by atoms with Crippen molar-refractivity contribution in [3.05, 3.63) is 35.6 Å². The fraction of sp³-hybridized carbons (Fsp3) is 0.611. The Morgan fingerprint density at radius 1 is 1.29 bits per heavy atom. The maximum atomic E-state index is 13.5. The van der Waals surface area contributed by atoms with E-state index in [1.165, 1.54) is 6.07 Å². The smallest absolute Gasteiger partial charge is 0.215 e. The standard InChI is InChI=1S/C18H27FN4O2S2.HI/c1-20-17(21-7-12-27(24,25)23-8-10-26-11-9-23)22-14-18(5-6-18)15-3-2-4-16(19)13-15;/h2-4,13H,5-12,14H2,1H3,(H2,20,21,22);1H. The van der Waals surface area contributed by atoms with Gasteiger partial charge in [-0.1, -0.05) is 12.1 Å². The largest absolute Gasteiger partial charge is 0.356 e. The van der Waals surface area contributed by atoms with Crippen molar-refractivity contribution >= 4 is 51.7 Å². The zero-order chi connectivity index (χ0) is 19.3. The molecule has 28 heavy (non-hydrogen) atoms. The molecule has 1 saturated carbocycles. The number of rotatable bonds is 7. The second-order valence-electron chi connectivity index (χ2n) is 6.97. The second-order valence-corrected chi connectivity index (χ2v) is 10.3. The first-order valence-electron chi connectivity index (χ1n) is 9.21. The molecule has 158 valence electrons. The number of hydrogen-bond donors (Lipinski definition) is 2. The number of sulfonamides is 1. The third kappa shape index (κ3) is 6.20. The van der Waals surface area contributed by atoms with Crippen LogP contribution < -0.4 is 10.6 Å². The fourth-order valence-electron chi connectivity index (χ4n) is 3.26. The third-order valence-electron chi connectivity index (χ3n) is 5.12. The lowest BCUT2D eigenvalue weighted by Gasteiger charge is -2.25. The first-order chi connectivity index (χ1) is 13.0. The number of halogens is 2. The molecule has 2 fully saturated rings. The van der Waals surface area contributed by atoms with E-state index in [9.17, 15) is 12.8 Å². The molecule has 0 amide bonds. The molecule has 10 heteroatoms. The summed E-state index contributed by atoms with van der Waals surface area (Å²) in [5.41, 5.74) is 0.938. The molecule has 1 aromatic rings. The van der Waals surface area contributed by atoms with Crippen LogP contribution in [-0.2, 0) is 15.4 Å². The molecule has 2 aliphatic rings. The Morgan fingerprint density at radius 3 is 2.61 bits per heavy atom. The Balaban J connectivity index is 0.00000280. The van der Waals surface area contributed by atoms with E-state index in [0.717, 1.165) is 29.9 Å². The Hall–Kier alpha value is -0.590. The van der Waals surface area contributed by atoms with Gasteiger partial charge in [-0.2, -0.15) is 11.8 Å². The van der Waals surface area contributed by atoms with Gasteiger partial charge in [0.15, 0.2) is 5.96 Å². The van der Waals surface area contributed by atoms with E-state index in [4.69, 9.17) is 0 Å². The molecule has 1 aliphatic heterocycles. The lowest BCUT2D eigenvalue weighted by atomic mass is 9.96. The summed E-state index contributed by atoms with van der Waals surface area (Å²) in [6.07, 6.45) is 2.00. The van der Waals surface area contributed by atoms with E-state index in [1.807, 2.05) is 6.07 Å². The molecule has 3 rings (SSSR count). The van der Waals surface area contributed by atoms with Gasteiger partial charge >= 0.3 is 0 Å². The molecule has 0 radical (unpaired) electrons. The summed E-state index contributed by atoms with van der Waals surface area (Å²) in [4.78, 5) is 4.17. The summed E-state index contributed by atoms with van der Waals surface area (Å²) in [7, 11) is -1.57. The highest BCUT2D eigenvalue weighted by molar-refractivity contribution is 14.0. The maximum Gasteiger partial charge on any atom is 0.215 e. The monoisotopic (exact) mass is 542 g/mol.